The molecule has 1 aromatic carbocycles. The number of aliphatic hydroxyl groups is 1. The Bertz CT molecular complexity index is 337. The highest BCUT2D eigenvalue weighted by Crippen LogP contribution is 2.07. The van der Waals surface area contributed by atoms with Gasteiger partial charge in [0.25, 0.3) is 0 Å². The van der Waals surface area contributed by atoms with Crippen LogP contribution >= 0.6 is 0 Å². The van der Waals surface area contributed by atoms with Crippen LogP contribution in [-0.2, 0) is 22.6 Å². The zero-order valence-electron chi connectivity index (χ0n) is 9.89. The highest BCUT2D eigenvalue weighted by Gasteiger charge is 2.13. The lowest BCUT2D eigenvalue weighted by molar-refractivity contribution is -0.137. The van der Waals surface area contributed by atoms with Crippen LogP contribution in [0.4, 0.5) is 0 Å². The van der Waals surface area contributed by atoms with Crippen molar-refractivity contribution in [2.45, 2.75) is 25.7 Å². The Morgan fingerprint density at radius 3 is 3.00 bits per heavy atom. The summed E-state index contributed by atoms with van der Waals surface area (Å²) in [6.07, 6.45) is 1.20. The van der Waals surface area contributed by atoms with E-state index in [1.165, 1.54) is 5.56 Å². The van der Waals surface area contributed by atoms with Gasteiger partial charge in [0.1, 0.15) is 6.79 Å². The largest absolute Gasteiger partial charge is 0.392 e. The van der Waals surface area contributed by atoms with Crippen LogP contribution in [0.15, 0.2) is 24.3 Å². The average Bonchev–Trinajstić information content (AvgIpc) is 2.40. The van der Waals surface area contributed by atoms with Crippen LogP contribution in [0.5, 0.6) is 0 Å². The van der Waals surface area contributed by atoms with Crippen molar-refractivity contribution in [2.24, 2.45) is 0 Å². The van der Waals surface area contributed by atoms with Crippen molar-refractivity contribution in [3.63, 3.8) is 0 Å². The quantitative estimate of drug-likeness (QED) is 0.803. The third-order valence-electron chi connectivity index (χ3n) is 2.85. The van der Waals surface area contributed by atoms with Crippen LogP contribution < -0.4 is 5.32 Å². The van der Waals surface area contributed by atoms with Gasteiger partial charge in [-0.25, -0.2) is 0 Å². The number of nitrogens with one attached hydrogen (secondary N) is 1. The molecule has 0 aromatic heterocycles. The molecule has 1 fully saturated rings. The Morgan fingerprint density at radius 1 is 1.35 bits per heavy atom. The Morgan fingerprint density at radius 2 is 2.24 bits per heavy atom. The predicted molar refractivity (Wildman–Crippen MR) is 64.4 cm³/mol. The van der Waals surface area contributed by atoms with E-state index in [0.717, 1.165) is 31.7 Å². The molecule has 94 valence electrons. The second kappa shape index (κ2) is 6.71. The van der Waals surface area contributed by atoms with Gasteiger partial charge in [-0.2, -0.15) is 0 Å². The average molecular weight is 237 g/mol. The highest BCUT2D eigenvalue weighted by atomic mass is 16.7. The number of aliphatic hydroxyl groups excluding tert-OH is 1. The van der Waals surface area contributed by atoms with E-state index in [1.807, 2.05) is 18.2 Å². The molecular formula is C13H19NO3. The zero-order valence-corrected chi connectivity index (χ0v) is 9.89. The Labute approximate surface area is 102 Å². The molecule has 1 aromatic rings. The van der Waals surface area contributed by atoms with E-state index in [1.54, 1.807) is 0 Å². The number of ether oxygens (including phenoxy) is 2. The lowest BCUT2D eigenvalue weighted by atomic mass is 10.1. The lowest BCUT2D eigenvalue weighted by Crippen LogP contribution is -2.33. The fourth-order valence-electron chi connectivity index (χ4n) is 1.88. The first-order valence-corrected chi connectivity index (χ1v) is 5.97. The summed E-state index contributed by atoms with van der Waals surface area (Å²) in [5, 5.41) is 12.4. The molecule has 1 saturated heterocycles. The lowest BCUT2D eigenvalue weighted by Gasteiger charge is -2.23. The van der Waals surface area contributed by atoms with E-state index in [9.17, 15) is 0 Å². The molecule has 2 rings (SSSR count). The maximum atomic E-state index is 9.04. The van der Waals surface area contributed by atoms with Crippen molar-refractivity contribution >= 4 is 0 Å². The molecular weight excluding hydrogens is 218 g/mol. The molecule has 0 amide bonds. The molecule has 1 unspecified atom stereocenters. The van der Waals surface area contributed by atoms with E-state index in [4.69, 9.17) is 14.6 Å². The summed E-state index contributed by atoms with van der Waals surface area (Å²) in [6, 6.07) is 7.95. The number of hydrogen-bond acceptors (Lipinski definition) is 4. The van der Waals surface area contributed by atoms with Gasteiger partial charge in [0, 0.05) is 13.1 Å². The van der Waals surface area contributed by atoms with Gasteiger partial charge in [-0.3, -0.25) is 0 Å². The van der Waals surface area contributed by atoms with Gasteiger partial charge in [0.05, 0.1) is 19.3 Å². The summed E-state index contributed by atoms with van der Waals surface area (Å²) in [7, 11) is 0. The van der Waals surface area contributed by atoms with Crippen LogP contribution in [0.1, 0.15) is 17.5 Å². The first kappa shape index (κ1) is 12.5. The Kier molecular flexibility index (Phi) is 4.94. The fourth-order valence-corrected chi connectivity index (χ4v) is 1.88. The molecule has 1 aliphatic rings. The minimum absolute atomic E-state index is 0.0942. The van der Waals surface area contributed by atoms with Gasteiger partial charge in [-0.1, -0.05) is 24.3 Å². The van der Waals surface area contributed by atoms with Crippen LogP contribution in [0.2, 0.25) is 0 Å². The number of hydrogen-bond donors (Lipinski definition) is 2. The van der Waals surface area contributed by atoms with Gasteiger partial charge >= 0.3 is 0 Å². The molecule has 17 heavy (non-hydrogen) atoms. The van der Waals surface area contributed by atoms with Gasteiger partial charge < -0.3 is 19.9 Å². The summed E-state index contributed by atoms with van der Waals surface area (Å²) >= 11 is 0. The highest BCUT2D eigenvalue weighted by molar-refractivity contribution is 5.22. The molecule has 0 aliphatic carbocycles. The minimum Gasteiger partial charge on any atom is -0.392 e. The SMILES string of the molecule is OCc1cccc(CNCC2CCOCO2)c1. The molecule has 0 spiro atoms. The second-order valence-electron chi connectivity index (χ2n) is 4.21. The molecule has 0 saturated carbocycles. The van der Waals surface area contributed by atoms with Crippen molar-refractivity contribution in [3.8, 4) is 0 Å². The van der Waals surface area contributed by atoms with Crippen LogP contribution in [-0.4, -0.2) is 31.2 Å². The normalized spacial score (nSPS) is 20.4. The maximum Gasteiger partial charge on any atom is 0.147 e. The summed E-state index contributed by atoms with van der Waals surface area (Å²) in [6.45, 7) is 2.93. The summed E-state index contributed by atoms with van der Waals surface area (Å²) in [4.78, 5) is 0. The van der Waals surface area contributed by atoms with Crippen molar-refractivity contribution < 1.29 is 14.6 Å². The molecule has 4 nitrogen and oxygen atoms in total. The predicted octanol–water partition coefficient (Wildman–Crippen LogP) is 1.03. The van der Waals surface area contributed by atoms with E-state index >= 15 is 0 Å². The Balaban J connectivity index is 1.73. The summed E-state index contributed by atoms with van der Waals surface area (Å²) < 4.78 is 10.6. The first-order valence-electron chi connectivity index (χ1n) is 5.97. The smallest absolute Gasteiger partial charge is 0.147 e. The third-order valence-corrected chi connectivity index (χ3v) is 2.85. The van der Waals surface area contributed by atoms with E-state index < -0.39 is 0 Å². The van der Waals surface area contributed by atoms with Crippen molar-refractivity contribution in [1.29, 1.82) is 0 Å². The molecule has 0 radical (unpaired) electrons. The third kappa shape index (κ3) is 4.09. The van der Waals surface area contributed by atoms with E-state index in [-0.39, 0.29) is 12.7 Å². The minimum atomic E-state index is 0.0942. The molecule has 2 N–H and O–H groups in total. The summed E-state index contributed by atoms with van der Waals surface area (Å²) in [5.41, 5.74) is 2.13. The van der Waals surface area contributed by atoms with Gasteiger partial charge in [-0.05, 0) is 17.5 Å². The monoisotopic (exact) mass is 237 g/mol. The molecule has 1 aliphatic heterocycles. The van der Waals surface area contributed by atoms with Crippen LogP contribution in [0.3, 0.4) is 0 Å². The molecule has 0 bridgehead atoms. The number of rotatable bonds is 5. The number of benzene rings is 1. The summed E-state index contributed by atoms with van der Waals surface area (Å²) in [5.74, 6) is 0. The van der Waals surface area contributed by atoms with E-state index in [0.29, 0.717) is 6.79 Å². The van der Waals surface area contributed by atoms with Crippen LogP contribution in [0, 0.1) is 0 Å². The maximum absolute atomic E-state index is 9.04. The topological polar surface area (TPSA) is 50.7 Å². The molecule has 1 heterocycles. The second-order valence-corrected chi connectivity index (χ2v) is 4.21. The zero-order chi connectivity index (χ0) is 11.9. The molecule has 4 heteroatoms. The van der Waals surface area contributed by atoms with Crippen molar-refractivity contribution in [1.82, 2.24) is 5.32 Å². The Hall–Kier alpha value is -0.940. The van der Waals surface area contributed by atoms with Crippen LogP contribution in [0.25, 0.3) is 0 Å². The fraction of sp³-hybridized carbons (Fsp3) is 0.538. The standard InChI is InChI=1S/C13H19NO3/c15-9-12-3-1-2-11(6-12)7-14-8-13-4-5-16-10-17-13/h1-3,6,13-15H,4-5,7-10H2. The van der Waals surface area contributed by atoms with Crippen molar-refractivity contribution in [2.75, 3.05) is 19.9 Å². The van der Waals surface area contributed by atoms with E-state index in [2.05, 4.69) is 11.4 Å². The first-order chi connectivity index (χ1) is 8.38. The van der Waals surface area contributed by atoms with Gasteiger partial charge in [-0.15, -0.1) is 0 Å². The van der Waals surface area contributed by atoms with Gasteiger partial charge in [0.2, 0.25) is 0 Å². The molecule has 1 atom stereocenters. The van der Waals surface area contributed by atoms with Crippen molar-refractivity contribution in [3.05, 3.63) is 35.4 Å². The van der Waals surface area contributed by atoms with Gasteiger partial charge in [0.15, 0.2) is 0 Å².